The van der Waals surface area contributed by atoms with Crippen LogP contribution in [0.2, 0.25) is 5.02 Å². The summed E-state index contributed by atoms with van der Waals surface area (Å²) in [7, 11) is 0. The van der Waals surface area contributed by atoms with E-state index in [9.17, 15) is 4.39 Å². The molecule has 0 aliphatic carbocycles. The first kappa shape index (κ1) is 10.6. The maximum Gasteiger partial charge on any atom is 0.146 e. The van der Waals surface area contributed by atoms with Gasteiger partial charge in [0.15, 0.2) is 0 Å². The van der Waals surface area contributed by atoms with Crippen LogP contribution in [0.3, 0.4) is 0 Å². The molecule has 1 aromatic carbocycles. The molecule has 1 atom stereocenters. The van der Waals surface area contributed by atoms with Gasteiger partial charge in [0.05, 0.1) is 11.1 Å². The second-order valence-electron chi connectivity index (χ2n) is 3.18. The lowest BCUT2D eigenvalue weighted by Crippen LogP contribution is -2.12. The van der Waals surface area contributed by atoms with E-state index in [0.717, 1.165) is 5.56 Å². The molecule has 0 saturated carbocycles. The minimum Gasteiger partial charge on any atom is -0.320 e. The molecular weight excluding hydrogens is 233 g/mol. The van der Waals surface area contributed by atoms with E-state index in [2.05, 4.69) is 0 Å². The molecule has 0 spiro atoms. The number of hydrogen-bond acceptors (Lipinski definition) is 2. The van der Waals surface area contributed by atoms with Gasteiger partial charge in [0.2, 0.25) is 0 Å². The van der Waals surface area contributed by atoms with Crippen LogP contribution in [-0.4, -0.2) is 0 Å². The first-order chi connectivity index (χ1) is 7.20. The third-order valence-corrected chi connectivity index (χ3v) is 3.21. The SMILES string of the molecule is NC(c1ccsc1)c1cccc(Cl)c1F. The third-order valence-electron chi connectivity index (χ3n) is 2.22. The average Bonchev–Trinajstić information content (AvgIpc) is 2.74. The van der Waals surface area contributed by atoms with Gasteiger partial charge in [0.25, 0.3) is 0 Å². The zero-order chi connectivity index (χ0) is 10.8. The fourth-order valence-corrected chi connectivity index (χ4v) is 2.27. The average molecular weight is 242 g/mol. The maximum absolute atomic E-state index is 13.6. The third kappa shape index (κ3) is 2.04. The van der Waals surface area contributed by atoms with E-state index >= 15 is 0 Å². The molecule has 0 saturated heterocycles. The monoisotopic (exact) mass is 241 g/mol. The number of halogens is 2. The quantitative estimate of drug-likeness (QED) is 0.855. The van der Waals surface area contributed by atoms with Gasteiger partial charge >= 0.3 is 0 Å². The number of hydrogen-bond donors (Lipinski definition) is 1. The summed E-state index contributed by atoms with van der Waals surface area (Å²) in [6.45, 7) is 0. The van der Waals surface area contributed by atoms with E-state index in [4.69, 9.17) is 17.3 Å². The molecule has 2 rings (SSSR count). The molecule has 1 heterocycles. The lowest BCUT2D eigenvalue weighted by Gasteiger charge is -2.11. The van der Waals surface area contributed by atoms with Crippen LogP contribution in [0.25, 0.3) is 0 Å². The van der Waals surface area contributed by atoms with Crippen molar-refractivity contribution in [1.82, 2.24) is 0 Å². The predicted octanol–water partition coefficient (Wildman–Crippen LogP) is 3.59. The molecule has 15 heavy (non-hydrogen) atoms. The van der Waals surface area contributed by atoms with Gasteiger partial charge in [-0.1, -0.05) is 23.7 Å². The molecule has 1 nitrogen and oxygen atoms in total. The van der Waals surface area contributed by atoms with Crippen LogP contribution in [-0.2, 0) is 0 Å². The summed E-state index contributed by atoms with van der Waals surface area (Å²) in [6, 6.07) is 6.31. The van der Waals surface area contributed by atoms with Gasteiger partial charge in [0.1, 0.15) is 5.82 Å². The largest absolute Gasteiger partial charge is 0.320 e. The molecule has 78 valence electrons. The lowest BCUT2D eigenvalue weighted by atomic mass is 10.0. The summed E-state index contributed by atoms with van der Waals surface area (Å²) in [5.74, 6) is -0.433. The Balaban J connectivity index is 2.42. The Bertz CT molecular complexity index is 456. The highest BCUT2D eigenvalue weighted by Crippen LogP contribution is 2.27. The zero-order valence-corrected chi connectivity index (χ0v) is 9.36. The minimum atomic E-state index is -0.449. The molecule has 0 fully saturated rings. The Labute approximate surface area is 96.3 Å². The van der Waals surface area contributed by atoms with Crippen LogP contribution in [0.15, 0.2) is 35.0 Å². The molecule has 0 amide bonds. The topological polar surface area (TPSA) is 26.0 Å². The molecule has 0 bridgehead atoms. The van der Waals surface area contributed by atoms with Crippen LogP contribution < -0.4 is 5.73 Å². The molecule has 4 heteroatoms. The lowest BCUT2D eigenvalue weighted by molar-refractivity contribution is 0.600. The van der Waals surface area contributed by atoms with Crippen molar-refractivity contribution in [2.75, 3.05) is 0 Å². The normalized spacial score (nSPS) is 12.7. The van der Waals surface area contributed by atoms with Crippen molar-refractivity contribution < 1.29 is 4.39 Å². The summed E-state index contributed by atoms with van der Waals surface area (Å²) in [5, 5.41) is 3.93. The molecule has 1 aromatic heterocycles. The highest BCUT2D eigenvalue weighted by atomic mass is 35.5. The number of benzene rings is 1. The summed E-state index contributed by atoms with van der Waals surface area (Å²) in [5.41, 5.74) is 7.27. The van der Waals surface area contributed by atoms with E-state index in [-0.39, 0.29) is 5.02 Å². The Morgan fingerprint density at radius 1 is 1.33 bits per heavy atom. The Hall–Kier alpha value is -0.900. The molecule has 0 aliphatic heterocycles. The van der Waals surface area contributed by atoms with Crippen LogP contribution >= 0.6 is 22.9 Å². The van der Waals surface area contributed by atoms with E-state index in [1.54, 1.807) is 12.1 Å². The number of thiophene rings is 1. The molecular formula is C11H9ClFNS. The van der Waals surface area contributed by atoms with E-state index < -0.39 is 11.9 Å². The van der Waals surface area contributed by atoms with Gasteiger partial charge in [-0.2, -0.15) is 11.3 Å². The fraction of sp³-hybridized carbons (Fsp3) is 0.0909. The van der Waals surface area contributed by atoms with Crippen LogP contribution in [0, 0.1) is 5.82 Å². The van der Waals surface area contributed by atoms with Crippen molar-refractivity contribution in [3.63, 3.8) is 0 Å². The van der Waals surface area contributed by atoms with Gasteiger partial charge in [-0.3, -0.25) is 0 Å². The zero-order valence-electron chi connectivity index (χ0n) is 7.78. The maximum atomic E-state index is 13.6. The summed E-state index contributed by atoms with van der Waals surface area (Å²) < 4.78 is 13.6. The Morgan fingerprint density at radius 2 is 2.13 bits per heavy atom. The number of nitrogens with two attached hydrogens (primary N) is 1. The smallest absolute Gasteiger partial charge is 0.146 e. The number of rotatable bonds is 2. The van der Waals surface area contributed by atoms with Crippen molar-refractivity contribution in [2.24, 2.45) is 5.73 Å². The highest BCUT2D eigenvalue weighted by molar-refractivity contribution is 7.08. The van der Waals surface area contributed by atoms with Crippen molar-refractivity contribution in [2.45, 2.75) is 6.04 Å². The fourth-order valence-electron chi connectivity index (χ4n) is 1.39. The van der Waals surface area contributed by atoms with Crippen LogP contribution in [0.1, 0.15) is 17.2 Å². The molecule has 0 radical (unpaired) electrons. The van der Waals surface area contributed by atoms with Crippen LogP contribution in [0.4, 0.5) is 4.39 Å². The van der Waals surface area contributed by atoms with Crippen molar-refractivity contribution in [1.29, 1.82) is 0 Å². The standard InChI is InChI=1S/C11H9ClFNS/c12-9-3-1-2-8(10(9)13)11(14)7-4-5-15-6-7/h1-6,11H,14H2. The van der Waals surface area contributed by atoms with Crippen molar-refractivity contribution in [3.05, 3.63) is 57.0 Å². The van der Waals surface area contributed by atoms with Crippen LogP contribution in [0.5, 0.6) is 0 Å². The van der Waals surface area contributed by atoms with Crippen molar-refractivity contribution >= 4 is 22.9 Å². The summed E-state index contributed by atoms with van der Waals surface area (Å²) in [4.78, 5) is 0. The van der Waals surface area contributed by atoms with Gasteiger partial charge in [0, 0.05) is 5.56 Å². The van der Waals surface area contributed by atoms with Gasteiger partial charge < -0.3 is 5.73 Å². The van der Waals surface area contributed by atoms with E-state index in [0.29, 0.717) is 5.56 Å². The van der Waals surface area contributed by atoms with Crippen molar-refractivity contribution in [3.8, 4) is 0 Å². The van der Waals surface area contributed by atoms with Gasteiger partial charge in [-0.15, -0.1) is 0 Å². The first-order valence-electron chi connectivity index (χ1n) is 4.41. The second-order valence-corrected chi connectivity index (χ2v) is 4.36. The minimum absolute atomic E-state index is 0.109. The second kappa shape index (κ2) is 4.31. The van der Waals surface area contributed by atoms with E-state index in [1.807, 2.05) is 16.8 Å². The molecule has 2 aromatic rings. The Kier molecular flexibility index (Phi) is 3.05. The Morgan fingerprint density at radius 3 is 2.80 bits per heavy atom. The van der Waals surface area contributed by atoms with E-state index in [1.165, 1.54) is 17.4 Å². The summed E-state index contributed by atoms with van der Waals surface area (Å²) in [6.07, 6.45) is 0. The molecule has 1 unspecified atom stereocenters. The summed E-state index contributed by atoms with van der Waals surface area (Å²) >= 11 is 7.23. The molecule has 0 aliphatic rings. The highest BCUT2D eigenvalue weighted by Gasteiger charge is 2.15. The van der Waals surface area contributed by atoms with Gasteiger partial charge in [-0.25, -0.2) is 4.39 Å². The van der Waals surface area contributed by atoms with Gasteiger partial charge in [-0.05, 0) is 28.5 Å². The first-order valence-corrected chi connectivity index (χ1v) is 5.74. The molecule has 2 N–H and O–H groups in total. The predicted molar refractivity (Wildman–Crippen MR) is 61.8 cm³/mol.